The highest BCUT2D eigenvalue weighted by molar-refractivity contribution is 5.92. The SMILES string of the molecule is Cc1ccc(C(=O)Oc2cc(CO)cc(OC(=O)c3ccc(C)cc3)c2)cc1. The van der Waals surface area contributed by atoms with Gasteiger partial charge in [0, 0.05) is 6.07 Å². The summed E-state index contributed by atoms with van der Waals surface area (Å²) in [7, 11) is 0. The molecule has 1 N–H and O–H groups in total. The summed E-state index contributed by atoms with van der Waals surface area (Å²) in [6, 6.07) is 18.4. The lowest BCUT2D eigenvalue weighted by Crippen LogP contribution is -2.11. The number of carbonyl (C=O) groups is 2. The molecule has 0 aliphatic rings. The molecule has 0 aliphatic carbocycles. The van der Waals surface area contributed by atoms with Crippen LogP contribution in [0, 0.1) is 13.8 Å². The van der Waals surface area contributed by atoms with Crippen LogP contribution in [0.2, 0.25) is 0 Å². The Morgan fingerprint density at radius 3 is 1.46 bits per heavy atom. The van der Waals surface area contributed by atoms with Crippen LogP contribution in [-0.2, 0) is 6.61 Å². The summed E-state index contributed by atoms with van der Waals surface area (Å²) >= 11 is 0. The van der Waals surface area contributed by atoms with E-state index >= 15 is 0 Å². The average Bonchev–Trinajstić information content (AvgIpc) is 2.68. The molecule has 0 radical (unpaired) electrons. The molecular formula is C23H20O5. The van der Waals surface area contributed by atoms with E-state index in [1.54, 1.807) is 24.3 Å². The van der Waals surface area contributed by atoms with Crippen LogP contribution in [0.1, 0.15) is 37.4 Å². The molecule has 0 atom stereocenters. The van der Waals surface area contributed by atoms with Crippen molar-refractivity contribution in [1.29, 1.82) is 0 Å². The van der Waals surface area contributed by atoms with Gasteiger partial charge >= 0.3 is 11.9 Å². The predicted octanol–water partition coefficient (Wildman–Crippen LogP) is 4.23. The van der Waals surface area contributed by atoms with Gasteiger partial charge in [0.15, 0.2) is 0 Å². The van der Waals surface area contributed by atoms with Crippen LogP contribution < -0.4 is 9.47 Å². The minimum Gasteiger partial charge on any atom is -0.423 e. The van der Waals surface area contributed by atoms with Crippen LogP contribution in [0.5, 0.6) is 11.5 Å². The molecule has 28 heavy (non-hydrogen) atoms. The molecule has 5 nitrogen and oxygen atoms in total. The molecular weight excluding hydrogens is 356 g/mol. The van der Waals surface area contributed by atoms with Gasteiger partial charge in [0.25, 0.3) is 0 Å². The molecule has 0 fully saturated rings. The zero-order valence-electron chi connectivity index (χ0n) is 15.6. The van der Waals surface area contributed by atoms with Gasteiger partial charge < -0.3 is 14.6 Å². The first-order chi connectivity index (χ1) is 13.4. The van der Waals surface area contributed by atoms with Crippen LogP contribution >= 0.6 is 0 Å². The van der Waals surface area contributed by atoms with Gasteiger partial charge in [-0.15, -0.1) is 0 Å². The van der Waals surface area contributed by atoms with Gasteiger partial charge in [-0.25, -0.2) is 9.59 Å². The van der Waals surface area contributed by atoms with Crippen molar-refractivity contribution in [3.63, 3.8) is 0 Å². The molecule has 0 aliphatic heterocycles. The number of esters is 2. The first kappa shape index (κ1) is 19.3. The third-order valence-corrected chi connectivity index (χ3v) is 4.12. The first-order valence-corrected chi connectivity index (χ1v) is 8.77. The predicted molar refractivity (Wildman–Crippen MR) is 105 cm³/mol. The maximum absolute atomic E-state index is 12.3. The number of aliphatic hydroxyl groups is 1. The third kappa shape index (κ3) is 4.84. The number of benzene rings is 3. The smallest absolute Gasteiger partial charge is 0.343 e. The van der Waals surface area contributed by atoms with E-state index in [1.165, 1.54) is 18.2 Å². The van der Waals surface area contributed by atoms with Crippen LogP contribution in [0.25, 0.3) is 0 Å². The summed E-state index contributed by atoms with van der Waals surface area (Å²) in [5, 5.41) is 9.47. The van der Waals surface area contributed by atoms with E-state index in [0.29, 0.717) is 16.7 Å². The highest BCUT2D eigenvalue weighted by atomic mass is 16.5. The second-order valence-electron chi connectivity index (χ2n) is 6.48. The first-order valence-electron chi connectivity index (χ1n) is 8.77. The van der Waals surface area contributed by atoms with Crippen molar-refractivity contribution in [1.82, 2.24) is 0 Å². The van der Waals surface area contributed by atoms with E-state index in [4.69, 9.17) is 9.47 Å². The van der Waals surface area contributed by atoms with E-state index in [1.807, 2.05) is 38.1 Å². The van der Waals surface area contributed by atoms with Gasteiger partial charge in [-0.3, -0.25) is 0 Å². The molecule has 3 aromatic carbocycles. The fourth-order valence-electron chi connectivity index (χ4n) is 2.55. The van der Waals surface area contributed by atoms with E-state index < -0.39 is 11.9 Å². The van der Waals surface area contributed by atoms with Gasteiger partial charge in [0.05, 0.1) is 17.7 Å². The molecule has 0 bridgehead atoms. The molecule has 3 aromatic rings. The molecule has 0 amide bonds. The Bertz CT molecular complexity index is 911. The monoisotopic (exact) mass is 376 g/mol. The normalized spacial score (nSPS) is 10.4. The number of hydrogen-bond donors (Lipinski definition) is 1. The lowest BCUT2D eigenvalue weighted by molar-refractivity contribution is 0.0732. The van der Waals surface area contributed by atoms with Crippen molar-refractivity contribution < 1.29 is 24.2 Å². The van der Waals surface area contributed by atoms with Crippen molar-refractivity contribution >= 4 is 11.9 Å². The van der Waals surface area contributed by atoms with Gasteiger partial charge in [0.2, 0.25) is 0 Å². The highest BCUT2D eigenvalue weighted by Gasteiger charge is 2.13. The molecule has 0 spiro atoms. The minimum atomic E-state index is -0.536. The fourth-order valence-corrected chi connectivity index (χ4v) is 2.55. The van der Waals surface area contributed by atoms with Crippen molar-refractivity contribution in [2.24, 2.45) is 0 Å². The second kappa shape index (κ2) is 8.50. The number of aliphatic hydroxyl groups excluding tert-OH is 1. The summed E-state index contributed by atoms with van der Waals surface area (Å²) in [5.74, 6) is -0.704. The van der Waals surface area contributed by atoms with E-state index in [2.05, 4.69) is 0 Å². The number of ether oxygens (including phenoxy) is 2. The van der Waals surface area contributed by atoms with Crippen LogP contribution in [0.15, 0.2) is 66.7 Å². The zero-order valence-corrected chi connectivity index (χ0v) is 15.6. The standard InChI is InChI=1S/C23H20O5/c1-15-3-7-18(8-4-15)22(25)27-20-11-17(14-24)12-21(13-20)28-23(26)19-9-5-16(2)6-10-19/h3-13,24H,14H2,1-2H3. The van der Waals surface area contributed by atoms with Crippen molar-refractivity contribution in [2.75, 3.05) is 0 Å². The fraction of sp³-hybridized carbons (Fsp3) is 0.130. The largest absolute Gasteiger partial charge is 0.423 e. The van der Waals surface area contributed by atoms with Crippen LogP contribution in [-0.4, -0.2) is 17.0 Å². The molecule has 0 unspecified atom stereocenters. The number of rotatable bonds is 5. The van der Waals surface area contributed by atoms with Gasteiger partial charge in [-0.05, 0) is 55.8 Å². The molecule has 5 heteroatoms. The van der Waals surface area contributed by atoms with E-state index in [9.17, 15) is 14.7 Å². The second-order valence-corrected chi connectivity index (χ2v) is 6.48. The molecule has 0 saturated carbocycles. The molecule has 0 saturated heterocycles. The number of aryl methyl sites for hydroxylation is 2. The topological polar surface area (TPSA) is 72.8 Å². The zero-order chi connectivity index (χ0) is 20.1. The van der Waals surface area contributed by atoms with Crippen molar-refractivity contribution in [3.05, 3.63) is 94.5 Å². The number of hydrogen-bond acceptors (Lipinski definition) is 5. The quantitative estimate of drug-likeness (QED) is 0.533. The molecule has 0 heterocycles. The summed E-state index contributed by atoms with van der Waals surface area (Å²) in [6.45, 7) is 3.56. The minimum absolute atomic E-state index is 0.184. The van der Waals surface area contributed by atoms with Gasteiger partial charge in [-0.1, -0.05) is 35.4 Å². The Hall–Kier alpha value is -3.44. The summed E-state index contributed by atoms with van der Waals surface area (Å²) in [4.78, 5) is 24.6. The maximum Gasteiger partial charge on any atom is 0.343 e. The lowest BCUT2D eigenvalue weighted by atomic mass is 10.1. The Balaban J connectivity index is 1.79. The summed E-state index contributed by atoms with van der Waals surface area (Å²) < 4.78 is 10.8. The Kier molecular flexibility index (Phi) is 5.87. The third-order valence-electron chi connectivity index (χ3n) is 4.12. The maximum atomic E-state index is 12.3. The summed E-state index contributed by atoms with van der Waals surface area (Å²) in [5.41, 5.74) is 3.32. The Labute approximate surface area is 163 Å². The average molecular weight is 376 g/mol. The number of carbonyl (C=O) groups excluding carboxylic acids is 2. The molecule has 142 valence electrons. The van der Waals surface area contributed by atoms with E-state index in [0.717, 1.165) is 11.1 Å². The molecule has 0 aromatic heterocycles. The lowest BCUT2D eigenvalue weighted by Gasteiger charge is -2.10. The highest BCUT2D eigenvalue weighted by Crippen LogP contribution is 2.25. The Morgan fingerprint density at radius 2 is 1.11 bits per heavy atom. The van der Waals surface area contributed by atoms with Gasteiger partial charge in [-0.2, -0.15) is 0 Å². The van der Waals surface area contributed by atoms with Crippen molar-refractivity contribution in [3.8, 4) is 11.5 Å². The Morgan fingerprint density at radius 1 is 0.714 bits per heavy atom. The van der Waals surface area contributed by atoms with Crippen molar-refractivity contribution in [2.45, 2.75) is 20.5 Å². The summed E-state index contributed by atoms with van der Waals surface area (Å²) in [6.07, 6.45) is 0. The van der Waals surface area contributed by atoms with Crippen LogP contribution in [0.4, 0.5) is 0 Å². The van der Waals surface area contributed by atoms with Gasteiger partial charge in [0.1, 0.15) is 11.5 Å². The van der Waals surface area contributed by atoms with E-state index in [-0.39, 0.29) is 18.1 Å². The molecule has 3 rings (SSSR count). The van der Waals surface area contributed by atoms with Crippen LogP contribution in [0.3, 0.4) is 0 Å².